The zero-order chi connectivity index (χ0) is 20.1. The van der Waals surface area contributed by atoms with E-state index in [1.165, 1.54) is 11.3 Å². The first-order chi connectivity index (χ1) is 13.5. The summed E-state index contributed by atoms with van der Waals surface area (Å²) in [5.74, 6) is 1.08. The topological polar surface area (TPSA) is 89.3 Å². The zero-order valence-electron chi connectivity index (χ0n) is 16.1. The second kappa shape index (κ2) is 8.86. The SMILES string of the molecule is COc1ccc(C(N)c2csc(NC(=O)Nc3ccccc3C(C)C)n2)cc1. The average molecular weight is 397 g/mol. The fourth-order valence-electron chi connectivity index (χ4n) is 2.83. The monoisotopic (exact) mass is 396 g/mol. The first-order valence-electron chi connectivity index (χ1n) is 8.99. The summed E-state index contributed by atoms with van der Waals surface area (Å²) in [5.41, 5.74) is 9.81. The van der Waals surface area contributed by atoms with Crippen molar-refractivity contribution >= 4 is 28.2 Å². The highest BCUT2D eigenvalue weighted by Crippen LogP contribution is 2.27. The first-order valence-corrected chi connectivity index (χ1v) is 9.87. The van der Waals surface area contributed by atoms with Crippen molar-refractivity contribution in [2.45, 2.75) is 25.8 Å². The predicted molar refractivity (Wildman–Crippen MR) is 114 cm³/mol. The number of amides is 2. The van der Waals surface area contributed by atoms with Gasteiger partial charge in [0.2, 0.25) is 0 Å². The molecule has 0 spiro atoms. The Morgan fingerprint density at radius 2 is 1.82 bits per heavy atom. The highest BCUT2D eigenvalue weighted by atomic mass is 32.1. The van der Waals surface area contributed by atoms with Crippen LogP contribution in [0.3, 0.4) is 0 Å². The summed E-state index contributed by atoms with van der Waals surface area (Å²) in [4.78, 5) is 16.8. The number of thiazole rings is 1. The predicted octanol–water partition coefficient (Wildman–Crippen LogP) is 4.97. The van der Waals surface area contributed by atoms with Crippen LogP contribution in [0.4, 0.5) is 15.6 Å². The van der Waals surface area contributed by atoms with Crippen molar-refractivity contribution in [3.8, 4) is 5.75 Å². The van der Waals surface area contributed by atoms with Crippen molar-refractivity contribution in [2.75, 3.05) is 17.7 Å². The molecule has 0 saturated carbocycles. The largest absolute Gasteiger partial charge is 0.497 e. The number of hydrogen-bond donors (Lipinski definition) is 3. The van der Waals surface area contributed by atoms with Gasteiger partial charge in [0.05, 0.1) is 18.8 Å². The maximum Gasteiger partial charge on any atom is 0.325 e. The smallest absolute Gasteiger partial charge is 0.325 e. The Kier molecular flexibility index (Phi) is 6.28. The zero-order valence-corrected chi connectivity index (χ0v) is 16.9. The molecule has 1 unspecified atom stereocenters. The van der Waals surface area contributed by atoms with Crippen LogP contribution in [0, 0.1) is 0 Å². The third kappa shape index (κ3) is 4.68. The molecule has 1 heterocycles. The van der Waals surface area contributed by atoms with Crippen LogP contribution in [0.2, 0.25) is 0 Å². The summed E-state index contributed by atoms with van der Waals surface area (Å²) >= 11 is 1.34. The Bertz CT molecular complexity index is 938. The molecule has 0 aliphatic carbocycles. The number of aromatic nitrogens is 1. The van der Waals surface area contributed by atoms with Crippen LogP contribution in [0.25, 0.3) is 0 Å². The molecule has 1 aromatic heterocycles. The van der Waals surface area contributed by atoms with E-state index < -0.39 is 0 Å². The molecule has 0 aliphatic rings. The van der Waals surface area contributed by atoms with Crippen molar-refractivity contribution in [1.82, 2.24) is 4.98 Å². The van der Waals surface area contributed by atoms with Crippen LogP contribution in [-0.2, 0) is 0 Å². The number of urea groups is 1. The van der Waals surface area contributed by atoms with Gasteiger partial charge in [-0.3, -0.25) is 5.32 Å². The first kappa shape index (κ1) is 19.9. The van der Waals surface area contributed by atoms with Gasteiger partial charge in [-0.1, -0.05) is 44.2 Å². The van der Waals surface area contributed by atoms with E-state index in [-0.39, 0.29) is 12.1 Å². The van der Waals surface area contributed by atoms with E-state index in [2.05, 4.69) is 29.5 Å². The number of nitrogens with zero attached hydrogens (tertiary/aromatic N) is 1. The van der Waals surface area contributed by atoms with Crippen molar-refractivity contribution in [2.24, 2.45) is 5.73 Å². The van der Waals surface area contributed by atoms with E-state index >= 15 is 0 Å². The minimum atomic E-state index is -0.373. The normalized spacial score (nSPS) is 11.9. The van der Waals surface area contributed by atoms with Crippen LogP contribution in [-0.4, -0.2) is 18.1 Å². The molecule has 2 aromatic carbocycles. The third-order valence-corrected chi connectivity index (χ3v) is 5.14. The Hall–Kier alpha value is -2.90. The fourth-order valence-corrected chi connectivity index (χ4v) is 3.57. The second-order valence-corrected chi connectivity index (χ2v) is 7.51. The summed E-state index contributed by atoms with van der Waals surface area (Å²) in [7, 11) is 1.62. The summed E-state index contributed by atoms with van der Waals surface area (Å²) in [6.07, 6.45) is 0. The van der Waals surface area contributed by atoms with Crippen LogP contribution in [0.15, 0.2) is 53.9 Å². The number of benzene rings is 2. The Balaban J connectivity index is 1.66. The molecule has 3 rings (SSSR count). The van der Waals surface area contributed by atoms with Crippen LogP contribution < -0.4 is 21.1 Å². The fraction of sp³-hybridized carbons (Fsp3) is 0.238. The van der Waals surface area contributed by atoms with Crippen LogP contribution >= 0.6 is 11.3 Å². The van der Waals surface area contributed by atoms with Gasteiger partial charge in [-0.15, -0.1) is 11.3 Å². The van der Waals surface area contributed by atoms with E-state index in [0.717, 1.165) is 22.6 Å². The van der Waals surface area contributed by atoms with Gasteiger partial charge >= 0.3 is 6.03 Å². The summed E-state index contributed by atoms with van der Waals surface area (Å²) in [6.45, 7) is 4.18. The van der Waals surface area contributed by atoms with Gasteiger partial charge in [0.1, 0.15) is 5.75 Å². The molecule has 0 fully saturated rings. The molecule has 1 atom stereocenters. The number of carbonyl (C=O) groups is 1. The molecule has 146 valence electrons. The number of rotatable bonds is 6. The van der Waals surface area contributed by atoms with Crippen molar-refractivity contribution < 1.29 is 9.53 Å². The molecule has 28 heavy (non-hydrogen) atoms. The molecule has 2 amide bonds. The number of hydrogen-bond acceptors (Lipinski definition) is 5. The molecule has 0 saturated heterocycles. The maximum atomic E-state index is 12.4. The lowest BCUT2D eigenvalue weighted by Gasteiger charge is -2.13. The average Bonchev–Trinajstić information content (AvgIpc) is 3.16. The van der Waals surface area contributed by atoms with E-state index in [9.17, 15) is 4.79 Å². The van der Waals surface area contributed by atoms with Gasteiger partial charge in [-0.05, 0) is 35.2 Å². The van der Waals surface area contributed by atoms with Crippen LogP contribution in [0.5, 0.6) is 5.75 Å². The number of methoxy groups -OCH3 is 1. The number of nitrogens with two attached hydrogens (primary N) is 1. The second-order valence-electron chi connectivity index (χ2n) is 6.65. The lowest BCUT2D eigenvalue weighted by Crippen LogP contribution is -2.20. The molecule has 4 N–H and O–H groups in total. The number of nitrogens with one attached hydrogen (secondary N) is 2. The summed E-state index contributed by atoms with van der Waals surface area (Å²) in [5, 5.41) is 8.03. The van der Waals surface area contributed by atoms with E-state index in [1.54, 1.807) is 7.11 Å². The Labute approximate surface area is 168 Å². The quantitative estimate of drug-likeness (QED) is 0.549. The van der Waals surface area contributed by atoms with Crippen molar-refractivity contribution in [3.63, 3.8) is 0 Å². The van der Waals surface area contributed by atoms with Gasteiger partial charge in [-0.2, -0.15) is 0 Å². The standard InChI is InChI=1S/C21H24N4O2S/c1-13(2)16-6-4-5-7-17(16)23-20(26)25-21-24-18(12-28-21)19(22)14-8-10-15(27-3)11-9-14/h4-13,19H,22H2,1-3H3,(H2,23,24,25,26). The number of para-hydroxylation sites is 1. The van der Waals surface area contributed by atoms with Gasteiger partial charge < -0.3 is 15.8 Å². The highest BCUT2D eigenvalue weighted by Gasteiger charge is 2.15. The molecule has 0 aliphatic heterocycles. The highest BCUT2D eigenvalue weighted by molar-refractivity contribution is 7.14. The van der Waals surface area contributed by atoms with Gasteiger partial charge in [0.25, 0.3) is 0 Å². The van der Waals surface area contributed by atoms with Gasteiger partial charge in [0.15, 0.2) is 5.13 Å². The molecular formula is C21H24N4O2S. The van der Waals surface area contributed by atoms with E-state index in [4.69, 9.17) is 10.5 Å². The number of ether oxygens (including phenoxy) is 1. The lowest BCUT2D eigenvalue weighted by atomic mass is 10.0. The van der Waals surface area contributed by atoms with Gasteiger partial charge in [0, 0.05) is 11.1 Å². The summed E-state index contributed by atoms with van der Waals surface area (Å²) in [6, 6.07) is 14.6. The maximum absolute atomic E-state index is 12.4. The summed E-state index contributed by atoms with van der Waals surface area (Å²) < 4.78 is 5.17. The van der Waals surface area contributed by atoms with Crippen LogP contribution in [0.1, 0.15) is 42.6 Å². The Morgan fingerprint density at radius 3 is 2.50 bits per heavy atom. The molecule has 7 heteroatoms. The molecule has 6 nitrogen and oxygen atoms in total. The number of anilines is 2. The molecule has 0 bridgehead atoms. The third-order valence-electron chi connectivity index (χ3n) is 4.37. The van der Waals surface area contributed by atoms with Crippen molar-refractivity contribution in [3.05, 3.63) is 70.7 Å². The van der Waals surface area contributed by atoms with E-state index in [0.29, 0.717) is 16.7 Å². The van der Waals surface area contributed by atoms with Gasteiger partial charge in [-0.25, -0.2) is 9.78 Å². The molecule has 3 aromatic rings. The van der Waals surface area contributed by atoms with E-state index in [1.807, 2.05) is 53.9 Å². The minimum absolute atomic E-state index is 0.311. The molecular weight excluding hydrogens is 372 g/mol. The number of carbonyl (C=O) groups excluding carboxylic acids is 1. The molecule has 0 radical (unpaired) electrons. The van der Waals surface area contributed by atoms with Crippen molar-refractivity contribution in [1.29, 1.82) is 0 Å². The Morgan fingerprint density at radius 1 is 1.11 bits per heavy atom. The minimum Gasteiger partial charge on any atom is -0.497 e. The lowest BCUT2D eigenvalue weighted by molar-refractivity contribution is 0.262.